The van der Waals surface area contributed by atoms with Gasteiger partial charge in [0.05, 0.1) is 0 Å². The quantitative estimate of drug-likeness (QED) is 0.483. The van der Waals surface area contributed by atoms with Crippen molar-refractivity contribution in [3.05, 3.63) is 42.0 Å². The fourth-order valence-corrected chi connectivity index (χ4v) is 1.31. The van der Waals surface area contributed by atoms with E-state index in [0.717, 1.165) is 0 Å². The van der Waals surface area contributed by atoms with Crippen LogP contribution in [0.1, 0.15) is 5.56 Å². The Bertz CT molecular complexity index is 384. The van der Waals surface area contributed by atoms with Crippen molar-refractivity contribution >= 4 is 18.8 Å². The van der Waals surface area contributed by atoms with E-state index in [9.17, 15) is 0 Å². The Kier molecular flexibility index (Phi) is 6.58. The van der Waals surface area contributed by atoms with E-state index in [1.807, 2.05) is 0 Å². The maximum atomic E-state index is 2.33. The Hall–Kier alpha value is -0.0700. The smallest absolute Gasteiger partial charge is 0.0411 e. The van der Waals surface area contributed by atoms with Crippen LogP contribution in [-0.4, -0.2) is 8.07 Å². The van der Waals surface area contributed by atoms with Crippen LogP contribution in [0.5, 0.6) is 0 Å². The minimum absolute atomic E-state index is 0. The van der Waals surface area contributed by atoms with Gasteiger partial charge in [0.15, 0.2) is 0 Å². The first-order valence-corrected chi connectivity index (χ1v) is 9.48. The standard InChI is InChI=1S/C10H9.C4H12Si.Zr/c1-8-6-9-4-2-3-5-10(9)7-8;1-5(2,3)4;/h2-7H,1H3;1-4H3;/q-1;;. The van der Waals surface area contributed by atoms with Crippen molar-refractivity contribution in [2.75, 3.05) is 0 Å². The van der Waals surface area contributed by atoms with Gasteiger partial charge in [-0.05, 0) is 0 Å². The molecular weight excluding hydrogens is 287 g/mol. The molecule has 0 heterocycles. The third-order valence-electron chi connectivity index (χ3n) is 1.76. The molecule has 2 rings (SSSR count). The predicted molar refractivity (Wildman–Crippen MR) is 73.5 cm³/mol. The number of rotatable bonds is 0. The third-order valence-corrected chi connectivity index (χ3v) is 1.76. The van der Waals surface area contributed by atoms with Crippen molar-refractivity contribution in [1.82, 2.24) is 0 Å². The van der Waals surface area contributed by atoms with Gasteiger partial charge in [-0.25, -0.2) is 0 Å². The molecular formula is C14H21SiZr-. The number of benzene rings is 1. The van der Waals surface area contributed by atoms with Crippen molar-refractivity contribution in [3.8, 4) is 0 Å². The first-order valence-electron chi connectivity index (χ1n) is 5.48. The Labute approximate surface area is 120 Å². The summed E-state index contributed by atoms with van der Waals surface area (Å²) < 4.78 is 0. The molecule has 0 amide bonds. The average Bonchev–Trinajstić information content (AvgIpc) is 2.40. The normalized spacial score (nSPS) is 10.3. The van der Waals surface area contributed by atoms with Crippen molar-refractivity contribution in [3.63, 3.8) is 0 Å². The van der Waals surface area contributed by atoms with Gasteiger partial charge in [-0.15, -0.1) is 40.6 Å². The van der Waals surface area contributed by atoms with Crippen LogP contribution in [0.4, 0.5) is 0 Å². The summed E-state index contributed by atoms with van der Waals surface area (Å²) in [6, 6.07) is 12.8. The minimum atomic E-state index is -0.611. The second kappa shape index (κ2) is 6.61. The van der Waals surface area contributed by atoms with Gasteiger partial charge in [-0.1, -0.05) is 39.2 Å². The van der Waals surface area contributed by atoms with Crippen molar-refractivity contribution in [1.29, 1.82) is 0 Å². The Morgan fingerprint density at radius 1 is 1.00 bits per heavy atom. The van der Waals surface area contributed by atoms with Crippen LogP contribution in [0.3, 0.4) is 0 Å². The molecule has 0 aliphatic heterocycles. The van der Waals surface area contributed by atoms with E-state index in [-0.39, 0.29) is 26.2 Å². The molecule has 0 fully saturated rings. The fourth-order valence-electron chi connectivity index (χ4n) is 1.31. The molecule has 0 nitrogen and oxygen atoms in total. The maximum Gasteiger partial charge on any atom is 0.0411 e. The van der Waals surface area contributed by atoms with Crippen molar-refractivity contribution in [2.45, 2.75) is 33.1 Å². The molecule has 0 aliphatic rings. The van der Waals surface area contributed by atoms with Gasteiger partial charge in [0, 0.05) is 34.3 Å². The fraction of sp³-hybridized carbons (Fsp3) is 0.357. The van der Waals surface area contributed by atoms with Gasteiger partial charge in [-0.2, -0.15) is 6.07 Å². The molecule has 86 valence electrons. The second-order valence-corrected chi connectivity index (χ2v) is 11.7. The summed E-state index contributed by atoms with van der Waals surface area (Å²) in [6.07, 6.45) is 0. The molecule has 0 N–H and O–H groups in total. The van der Waals surface area contributed by atoms with E-state index in [1.54, 1.807) is 0 Å². The molecule has 0 bridgehead atoms. The number of hydrogen-bond acceptors (Lipinski definition) is 0. The molecule has 0 radical (unpaired) electrons. The molecule has 0 atom stereocenters. The summed E-state index contributed by atoms with van der Waals surface area (Å²) >= 11 is 0. The van der Waals surface area contributed by atoms with Gasteiger partial charge in [0.25, 0.3) is 0 Å². The maximum absolute atomic E-state index is 2.33. The van der Waals surface area contributed by atoms with Crippen LogP contribution in [-0.2, 0) is 26.2 Å². The van der Waals surface area contributed by atoms with Crippen LogP contribution in [0.2, 0.25) is 26.2 Å². The molecule has 0 aliphatic carbocycles. The summed E-state index contributed by atoms with van der Waals surface area (Å²) in [7, 11) is -0.611. The molecule has 16 heavy (non-hydrogen) atoms. The van der Waals surface area contributed by atoms with Crippen molar-refractivity contribution in [2.24, 2.45) is 0 Å². The van der Waals surface area contributed by atoms with Gasteiger partial charge in [0.1, 0.15) is 0 Å². The van der Waals surface area contributed by atoms with Gasteiger partial charge in [-0.3, -0.25) is 0 Å². The van der Waals surface area contributed by atoms with Crippen molar-refractivity contribution < 1.29 is 26.2 Å². The zero-order chi connectivity index (χ0) is 11.5. The average molecular weight is 309 g/mol. The molecule has 2 aromatic rings. The van der Waals surface area contributed by atoms with E-state index < -0.39 is 8.07 Å². The second-order valence-electron chi connectivity index (χ2n) is 5.66. The SMILES string of the molecule is C[Si](C)(C)C.Cc1cc2ccccc2[cH-]1.[Zr]. The first kappa shape index (κ1) is 15.9. The largest absolute Gasteiger partial charge is 0.165 e. The van der Waals surface area contributed by atoms with Gasteiger partial charge >= 0.3 is 0 Å². The summed E-state index contributed by atoms with van der Waals surface area (Å²) in [4.78, 5) is 0. The number of fused-ring (bicyclic) bond motifs is 1. The van der Waals surface area contributed by atoms with Crippen LogP contribution in [0.25, 0.3) is 10.8 Å². The topological polar surface area (TPSA) is 0 Å². The Morgan fingerprint density at radius 3 is 2.00 bits per heavy atom. The monoisotopic (exact) mass is 307 g/mol. The number of hydrogen-bond donors (Lipinski definition) is 0. The van der Waals surface area contributed by atoms with E-state index >= 15 is 0 Å². The minimum Gasteiger partial charge on any atom is -0.165 e. The molecule has 2 aromatic carbocycles. The van der Waals surface area contributed by atoms with Crippen LogP contribution in [0.15, 0.2) is 36.4 Å². The van der Waals surface area contributed by atoms with Gasteiger partial charge < -0.3 is 0 Å². The Balaban J connectivity index is 0.000000330. The van der Waals surface area contributed by atoms with Crippen LogP contribution in [0, 0.1) is 6.92 Å². The van der Waals surface area contributed by atoms with E-state index in [0.29, 0.717) is 0 Å². The predicted octanol–water partition coefficient (Wildman–Crippen LogP) is 4.82. The molecule has 0 spiro atoms. The molecule has 0 aromatic heterocycles. The molecule has 0 saturated heterocycles. The zero-order valence-corrected chi connectivity index (χ0v) is 14.4. The van der Waals surface area contributed by atoms with Crippen LogP contribution >= 0.6 is 0 Å². The van der Waals surface area contributed by atoms with Gasteiger partial charge in [0.2, 0.25) is 0 Å². The molecule has 2 heteroatoms. The van der Waals surface area contributed by atoms with E-state index in [1.165, 1.54) is 16.3 Å². The summed E-state index contributed by atoms with van der Waals surface area (Å²) in [6.45, 7) is 11.4. The molecule has 0 unspecified atom stereocenters. The number of aryl methyl sites for hydroxylation is 1. The third kappa shape index (κ3) is 6.50. The first-order chi connectivity index (χ1) is 6.86. The molecule has 0 saturated carbocycles. The summed E-state index contributed by atoms with van der Waals surface area (Å²) in [5.74, 6) is 0. The summed E-state index contributed by atoms with van der Waals surface area (Å²) in [5, 5.41) is 2.69. The zero-order valence-electron chi connectivity index (χ0n) is 11.0. The Morgan fingerprint density at radius 2 is 1.50 bits per heavy atom. The summed E-state index contributed by atoms with van der Waals surface area (Å²) in [5.41, 5.74) is 1.35. The van der Waals surface area contributed by atoms with E-state index in [4.69, 9.17) is 0 Å². The van der Waals surface area contributed by atoms with E-state index in [2.05, 4.69) is 69.5 Å². The van der Waals surface area contributed by atoms with Crippen LogP contribution < -0.4 is 0 Å².